The van der Waals surface area contributed by atoms with E-state index in [4.69, 9.17) is 26.6 Å². The Labute approximate surface area is 242 Å². The molecule has 0 spiro atoms. The van der Waals surface area contributed by atoms with E-state index in [1.54, 1.807) is 31.5 Å². The second-order valence-electron chi connectivity index (χ2n) is 9.16. The minimum Gasteiger partial charge on any atom is -0.508 e. The molecule has 0 atom stereocenters. The number of halogens is 2. The summed E-state index contributed by atoms with van der Waals surface area (Å²) in [6.07, 6.45) is 5.29. The fraction of sp³-hybridized carbons (Fsp3) is 0.241. The summed E-state index contributed by atoms with van der Waals surface area (Å²) in [6.45, 7) is 6.13. The number of rotatable bonds is 7. The molecular formula is C29H31ClFN7O3. The van der Waals surface area contributed by atoms with Crippen LogP contribution in [0.15, 0.2) is 66.0 Å². The number of nitrogens with zero attached hydrogens (tertiary/aromatic N) is 5. The van der Waals surface area contributed by atoms with Crippen molar-refractivity contribution in [3.63, 3.8) is 0 Å². The summed E-state index contributed by atoms with van der Waals surface area (Å²) >= 11 is 6.17. The molecule has 3 heterocycles. The number of hydrazone groups is 1. The Bertz CT molecular complexity index is 1430. The molecule has 1 saturated heterocycles. The largest absolute Gasteiger partial charge is 0.508 e. The number of hydrogen-bond acceptors (Lipinski definition) is 10. The van der Waals surface area contributed by atoms with Gasteiger partial charge in [-0.3, -0.25) is 4.98 Å². The molecule has 1 fully saturated rings. The van der Waals surface area contributed by atoms with Crippen molar-refractivity contribution < 1.29 is 19.3 Å². The van der Waals surface area contributed by atoms with Gasteiger partial charge in [0.2, 0.25) is 5.95 Å². The lowest BCUT2D eigenvalue weighted by atomic mass is 10.1. The molecule has 10 nitrogen and oxygen atoms in total. The molecule has 5 rings (SSSR count). The summed E-state index contributed by atoms with van der Waals surface area (Å²) in [5.74, 6) is 0.175. The van der Waals surface area contributed by atoms with E-state index in [2.05, 4.69) is 43.8 Å². The number of aromatic nitrogens is 3. The standard InChI is InChI=1S/C22H23ClFN7O.C7H8O2/c1-2-15-9-16(23)11-19(10-15)28-18-4-3-17(25-12-18)13-27-30-22-26-14-20(24)21(29-22)31-5-7-32-8-6-31;1-5-2-6(8)4-7(9)3-5/h3-4,9-14,28H,2,5-8H2,1H3,(H,26,29,30);2-4,8-9H,1H3/b27-13+;. The van der Waals surface area contributed by atoms with E-state index in [1.165, 1.54) is 6.07 Å². The third-order valence-corrected chi connectivity index (χ3v) is 6.10. The molecule has 2 aromatic heterocycles. The van der Waals surface area contributed by atoms with Crippen LogP contribution in [0, 0.1) is 12.7 Å². The Morgan fingerprint density at radius 1 is 1.02 bits per heavy atom. The number of phenols is 2. The number of hydrogen-bond donors (Lipinski definition) is 4. The normalized spacial score (nSPS) is 13.0. The minimum absolute atomic E-state index is 0.104. The molecule has 12 heteroatoms. The minimum atomic E-state index is -0.475. The van der Waals surface area contributed by atoms with E-state index in [0.717, 1.165) is 35.1 Å². The molecule has 1 aliphatic heterocycles. The number of nitrogens with one attached hydrogen (secondary N) is 2. The van der Waals surface area contributed by atoms with Crippen molar-refractivity contribution in [2.75, 3.05) is 41.9 Å². The predicted molar refractivity (Wildman–Crippen MR) is 159 cm³/mol. The maximum atomic E-state index is 14.1. The van der Waals surface area contributed by atoms with Gasteiger partial charge in [0, 0.05) is 29.9 Å². The molecule has 0 unspecified atom stereocenters. The van der Waals surface area contributed by atoms with Crippen LogP contribution in [0.25, 0.3) is 0 Å². The predicted octanol–water partition coefficient (Wildman–Crippen LogP) is 5.66. The van der Waals surface area contributed by atoms with Crippen LogP contribution in [0.1, 0.15) is 23.7 Å². The summed E-state index contributed by atoms with van der Waals surface area (Å²) in [5, 5.41) is 25.8. The lowest BCUT2D eigenvalue weighted by molar-refractivity contribution is 0.122. The topological polar surface area (TPSA) is 128 Å². The van der Waals surface area contributed by atoms with Gasteiger partial charge < -0.3 is 25.2 Å². The average molecular weight is 580 g/mol. The van der Waals surface area contributed by atoms with Crippen LogP contribution in [-0.2, 0) is 11.2 Å². The van der Waals surface area contributed by atoms with Crippen LogP contribution in [0.4, 0.5) is 27.5 Å². The fourth-order valence-electron chi connectivity index (χ4n) is 3.96. The van der Waals surface area contributed by atoms with E-state index in [-0.39, 0.29) is 23.3 Å². The lowest BCUT2D eigenvalue weighted by Gasteiger charge is -2.27. The zero-order valence-corrected chi connectivity index (χ0v) is 23.4. The third kappa shape index (κ3) is 9.02. The number of aryl methyl sites for hydroxylation is 2. The van der Waals surface area contributed by atoms with E-state index in [0.29, 0.717) is 37.0 Å². The SMILES string of the molecule is CCc1cc(Cl)cc(Nc2ccc(/C=N/Nc3ncc(F)c(N4CCOCC4)n3)nc2)c1.Cc1cc(O)cc(O)c1. The zero-order valence-electron chi connectivity index (χ0n) is 22.7. The van der Waals surface area contributed by atoms with Crippen LogP contribution in [-0.4, -0.2) is 57.7 Å². The van der Waals surface area contributed by atoms with Crippen molar-refractivity contribution in [2.24, 2.45) is 5.10 Å². The van der Waals surface area contributed by atoms with Crippen LogP contribution in [0.2, 0.25) is 5.02 Å². The summed E-state index contributed by atoms with van der Waals surface area (Å²) in [6, 6.07) is 14.1. The summed E-state index contributed by atoms with van der Waals surface area (Å²) in [4.78, 5) is 14.4. The maximum Gasteiger partial charge on any atom is 0.245 e. The molecule has 41 heavy (non-hydrogen) atoms. The van der Waals surface area contributed by atoms with Crippen molar-refractivity contribution in [3.8, 4) is 11.5 Å². The fourth-order valence-corrected chi connectivity index (χ4v) is 4.21. The molecule has 2 aromatic carbocycles. The molecule has 214 valence electrons. The van der Waals surface area contributed by atoms with Gasteiger partial charge in [0.25, 0.3) is 0 Å². The molecule has 0 saturated carbocycles. The molecule has 0 aliphatic carbocycles. The smallest absolute Gasteiger partial charge is 0.245 e. The molecule has 0 bridgehead atoms. The van der Waals surface area contributed by atoms with Crippen molar-refractivity contribution in [1.29, 1.82) is 0 Å². The second-order valence-corrected chi connectivity index (χ2v) is 9.60. The van der Waals surface area contributed by atoms with Crippen molar-refractivity contribution in [3.05, 3.63) is 88.6 Å². The summed E-state index contributed by atoms with van der Waals surface area (Å²) in [5.41, 5.74) is 7.11. The van der Waals surface area contributed by atoms with Gasteiger partial charge in [-0.15, -0.1) is 0 Å². The highest BCUT2D eigenvalue weighted by molar-refractivity contribution is 6.31. The first-order chi connectivity index (χ1) is 19.8. The Morgan fingerprint density at radius 3 is 2.44 bits per heavy atom. The van der Waals surface area contributed by atoms with Gasteiger partial charge in [-0.25, -0.2) is 14.8 Å². The number of ether oxygens (including phenoxy) is 1. The Morgan fingerprint density at radius 2 is 1.78 bits per heavy atom. The Hall–Kier alpha value is -4.48. The van der Waals surface area contributed by atoms with Gasteiger partial charge in [-0.2, -0.15) is 10.1 Å². The summed E-state index contributed by atoms with van der Waals surface area (Å²) < 4.78 is 19.4. The van der Waals surface area contributed by atoms with Crippen LogP contribution in [0.3, 0.4) is 0 Å². The number of aromatic hydroxyl groups is 2. The van der Waals surface area contributed by atoms with Gasteiger partial charge in [0.1, 0.15) is 11.5 Å². The van der Waals surface area contributed by atoms with Crippen molar-refractivity contribution >= 4 is 41.0 Å². The van der Waals surface area contributed by atoms with E-state index >= 15 is 0 Å². The molecule has 4 aromatic rings. The van der Waals surface area contributed by atoms with Gasteiger partial charge in [0.05, 0.1) is 43.2 Å². The molecule has 0 amide bonds. The Balaban J connectivity index is 0.000000367. The van der Waals surface area contributed by atoms with Crippen LogP contribution in [0.5, 0.6) is 11.5 Å². The monoisotopic (exact) mass is 579 g/mol. The lowest BCUT2D eigenvalue weighted by Crippen LogP contribution is -2.37. The molecule has 4 N–H and O–H groups in total. The number of morpholine rings is 1. The second kappa shape index (κ2) is 14.2. The molecule has 1 aliphatic rings. The summed E-state index contributed by atoms with van der Waals surface area (Å²) in [7, 11) is 0. The van der Waals surface area contributed by atoms with Crippen LogP contribution >= 0.6 is 11.6 Å². The molecular weight excluding hydrogens is 549 g/mol. The van der Waals surface area contributed by atoms with E-state index < -0.39 is 5.82 Å². The van der Waals surface area contributed by atoms with Gasteiger partial charge in [-0.05, 0) is 66.9 Å². The number of anilines is 4. The maximum absolute atomic E-state index is 14.1. The van der Waals surface area contributed by atoms with E-state index in [9.17, 15) is 4.39 Å². The first-order valence-corrected chi connectivity index (χ1v) is 13.3. The first kappa shape index (κ1) is 29.5. The highest BCUT2D eigenvalue weighted by atomic mass is 35.5. The van der Waals surface area contributed by atoms with E-state index in [1.807, 2.05) is 29.2 Å². The van der Waals surface area contributed by atoms with Crippen LogP contribution < -0.4 is 15.6 Å². The van der Waals surface area contributed by atoms with Crippen molar-refractivity contribution in [1.82, 2.24) is 15.0 Å². The average Bonchev–Trinajstić information content (AvgIpc) is 2.94. The van der Waals surface area contributed by atoms with Gasteiger partial charge in [0.15, 0.2) is 11.6 Å². The third-order valence-electron chi connectivity index (χ3n) is 5.89. The first-order valence-electron chi connectivity index (χ1n) is 13.0. The highest BCUT2D eigenvalue weighted by Crippen LogP contribution is 2.23. The van der Waals surface area contributed by atoms with Gasteiger partial charge in [-0.1, -0.05) is 18.5 Å². The highest BCUT2D eigenvalue weighted by Gasteiger charge is 2.17. The quantitative estimate of drug-likeness (QED) is 0.162. The number of benzene rings is 2. The molecule has 0 radical (unpaired) electrons. The van der Waals surface area contributed by atoms with Crippen molar-refractivity contribution in [2.45, 2.75) is 20.3 Å². The number of pyridine rings is 1. The number of phenolic OH excluding ortho intramolecular Hbond substituents is 2. The zero-order chi connectivity index (χ0) is 29.2. The van der Waals surface area contributed by atoms with Gasteiger partial charge >= 0.3 is 0 Å². The Kier molecular flexibility index (Phi) is 10.2.